The standard InChI is InChI=1S/C24H25N3O2/c1-16(28)17-9-12-19(13-10-17)26-23(29)18-11-14-22(25-15-18)27-21-8-6-5-7-20(21)24(2,3)4/h5-15H,1-4H3,(H,25,27)(H,26,29). The maximum Gasteiger partial charge on any atom is 0.257 e. The second-order valence-electron chi connectivity index (χ2n) is 7.94. The van der Waals surface area contributed by atoms with Crippen LogP contribution in [0, 0.1) is 0 Å². The van der Waals surface area contributed by atoms with Crippen LogP contribution in [0.5, 0.6) is 0 Å². The number of ketones is 1. The first kappa shape index (κ1) is 20.3. The molecular weight excluding hydrogens is 362 g/mol. The van der Waals surface area contributed by atoms with Crippen LogP contribution in [0.25, 0.3) is 0 Å². The van der Waals surface area contributed by atoms with Crippen LogP contribution >= 0.6 is 0 Å². The lowest BCUT2D eigenvalue weighted by Crippen LogP contribution is -2.14. The van der Waals surface area contributed by atoms with Gasteiger partial charge < -0.3 is 10.6 Å². The highest BCUT2D eigenvalue weighted by Gasteiger charge is 2.17. The first-order valence-corrected chi connectivity index (χ1v) is 9.49. The maximum absolute atomic E-state index is 12.4. The highest BCUT2D eigenvalue weighted by atomic mass is 16.1. The van der Waals surface area contributed by atoms with E-state index in [1.165, 1.54) is 12.5 Å². The van der Waals surface area contributed by atoms with Crippen molar-refractivity contribution in [2.24, 2.45) is 0 Å². The number of hydrogen-bond acceptors (Lipinski definition) is 4. The molecule has 0 aliphatic carbocycles. The molecule has 0 spiro atoms. The maximum atomic E-state index is 12.4. The summed E-state index contributed by atoms with van der Waals surface area (Å²) in [6.45, 7) is 8.00. The van der Waals surface area contributed by atoms with E-state index in [4.69, 9.17) is 0 Å². The van der Waals surface area contributed by atoms with Crippen LogP contribution in [-0.2, 0) is 5.41 Å². The van der Waals surface area contributed by atoms with Crippen LogP contribution in [-0.4, -0.2) is 16.7 Å². The Morgan fingerprint density at radius 1 is 0.862 bits per heavy atom. The predicted octanol–water partition coefficient (Wildman–Crippen LogP) is 5.58. The molecular formula is C24H25N3O2. The molecule has 0 saturated heterocycles. The Bertz CT molecular complexity index is 1020. The number of rotatable bonds is 5. The highest BCUT2D eigenvalue weighted by Crippen LogP contribution is 2.30. The third kappa shape index (κ3) is 5.08. The van der Waals surface area contributed by atoms with Crippen molar-refractivity contribution in [1.29, 1.82) is 0 Å². The minimum Gasteiger partial charge on any atom is -0.340 e. The molecule has 2 aromatic carbocycles. The van der Waals surface area contributed by atoms with Crippen molar-refractivity contribution in [3.8, 4) is 0 Å². The number of amides is 1. The van der Waals surface area contributed by atoms with Gasteiger partial charge in [-0.25, -0.2) is 4.98 Å². The van der Waals surface area contributed by atoms with Crippen LogP contribution in [0.2, 0.25) is 0 Å². The molecule has 5 heteroatoms. The molecule has 0 aliphatic rings. The number of aromatic nitrogens is 1. The molecule has 0 fully saturated rings. The third-order valence-corrected chi connectivity index (χ3v) is 4.57. The van der Waals surface area contributed by atoms with Gasteiger partial charge in [-0.2, -0.15) is 0 Å². The Morgan fingerprint density at radius 2 is 1.52 bits per heavy atom. The molecule has 0 bridgehead atoms. The lowest BCUT2D eigenvalue weighted by molar-refractivity contribution is 0.101. The molecule has 0 aliphatic heterocycles. The summed E-state index contributed by atoms with van der Waals surface area (Å²) in [7, 11) is 0. The topological polar surface area (TPSA) is 71.1 Å². The molecule has 0 unspecified atom stereocenters. The van der Waals surface area contributed by atoms with E-state index in [1.54, 1.807) is 42.6 Å². The van der Waals surface area contributed by atoms with Crippen molar-refractivity contribution in [3.05, 3.63) is 83.6 Å². The van der Waals surface area contributed by atoms with Crippen molar-refractivity contribution in [2.45, 2.75) is 33.1 Å². The summed E-state index contributed by atoms with van der Waals surface area (Å²) in [5, 5.41) is 6.15. The second kappa shape index (κ2) is 8.27. The number of Topliss-reactive ketones (excluding diaryl/α,β-unsaturated/α-hetero) is 1. The number of pyridine rings is 1. The van der Waals surface area contributed by atoms with Gasteiger partial charge in [0.15, 0.2) is 5.78 Å². The van der Waals surface area contributed by atoms with Gasteiger partial charge in [-0.05, 0) is 60.4 Å². The van der Waals surface area contributed by atoms with Gasteiger partial charge in [-0.3, -0.25) is 9.59 Å². The van der Waals surface area contributed by atoms with Crippen molar-refractivity contribution in [2.75, 3.05) is 10.6 Å². The number of benzene rings is 2. The number of carbonyl (C=O) groups excluding carboxylic acids is 2. The largest absolute Gasteiger partial charge is 0.340 e. The first-order chi connectivity index (χ1) is 13.7. The molecule has 1 aromatic heterocycles. The summed E-state index contributed by atoms with van der Waals surface area (Å²) in [4.78, 5) is 28.2. The molecule has 148 valence electrons. The zero-order chi connectivity index (χ0) is 21.0. The Balaban J connectivity index is 1.70. The molecule has 1 amide bonds. The van der Waals surface area contributed by atoms with Gasteiger partial charge in [0.05, 0.1) is 5.56 Å². The van der Waals surface area contributed by atoms with Crippen molar-refractivity contribution in [1.82, 2.24) is 4.98 Å². The average molecular weight is 387 g/mol. The van der Waals surface area contributed by atoms with E-state index in [1.807, 2.05) is 18.2 Å². The fourth-order valence-corrected chi connectivity index (χ4v) is 2.98. The van der Waals surface area contributed by atoms with Crippen LogP contribution in [0.1, 0.15) is 54.0 Å². The fourth-order valence-electron chi connectivity index (χ4n) is 2.98. The van der Waals surface area contributed by atoms with Gasteiger partial charge in [0.25, 0.3) is 5.91 Å². The number of nitrogens with one attached hydrogen (secondary N) is 2. The van der Waals surface area contributed by atoms with Gasteiger partial charge in [-0.1, -0.05) is 39.0 Å². The molecule has 0 radical (unpaired) electrons. The molecule has 3 aromatic rings. The average Bonchev–Trinajstić information content (AvgIpc) is 2.68. The SMILES string of the molecule is CC(=O)c1ccc(NC(=O)c2ccc(Nc3ccccc3C(C)(C)C)nc2)cc1. The molecule has 0 atom stereocenters. The summed E-state index contributed by atoms with van der Waals surface area (Å²) in [5.41, 5.74) is 3.88. The fraction of sp³-hybridized carbons (Fsp3) is 0.208. The molecule has 2 N–H and O–H groups in total. The Morgan fingerprint density at radius 3 is 2.10 bits per heavy atom. The molecule has 29 heavy (non-hydrogen) atoms. The van der Waals surface area contributed by atoms with E-state index in [9.17, 15) is 9.59 Å². The predicted molar refractivity (Wildman–Crippen MR) is 117 cm³/mol. The van der Waals surface area contributed by atoms with Gasteiger partial charge >= 0.3 is 0 Å². The number of anilines is 3. The van der Waals surface area contributed by atoms with Crippen LogP contribution in [0.4, 0.5) is 17.2 Å². The summed E-state index contributed by atoms with van der Waals surface area (Å²) in [6.07, 6.45) is 1.54. The smallest absolute Gasteiger partial charge is 0.257 e. The molecule has 0 saturated carbocycles. The Labute approximate surface area is 171 Å². The van der Waals surface area contributed by atoms with E-state index in [0.717, 1.165) is 5.69 Å². The monoisotopic (exact) mass is 387 g/mol. The van der Waals surface area contributed by atoms with Gasteiger partial charge in [-0.15, -0.1) is 0 Å². The van der Waals surface area contributed by atoms with E-state index >= 15 is 0 Å². The lowest BCUT2D eigenvalue weighted by atomic mass is 9.86. The van der Waals surface area contributed by atoms with Crippen molar-refractivity contribution >= 4 is 28.9 Å². The normalized spacial score (nSPS) is 11.0. The van der Waals surface area contributed by atoms with Gasteiger partial charge in [0.2, 0.25) is 0 Å². The number of nitrogens with zero attached hydrogens (tertiary/aromatic N) is 1. The van der Waals surface area contributed by atoms with Gasteiger partial charge in [0, 0.05) is 23.1 Å². The van der Waals surface area contributed by atoms with Crippen LogP contribution in [0.3, 0.4) is 0 Å². The second-order valence-corrected chi connectivity index (χ2v) is 7.94. The van der Waals surface area contributed by atoms with Crippen LogP contribution in [0.15, 0.2) is 66.9 Å². The zero-order valence-electron chi connectivity index (χ0n) is 17.1. The van der Waals surface area contributed by atoms with Crippen molar-refractivity contribution < 1.29 is 9.59 Å². The van der Waals surface area contributed by atoms with Crippen LogP contribution < -0.4 is 10.6 Å². The van der Waals surface area contributed by atoms with Gasteiger partial charge in [0.1, 0.15) is 5.82 Å². The summed E-state index contributed by atoms with van der Waals surface area (Å²) >= 11 is 0. The molecule has 5 nitrogen and oxygen atoms in total. The summed E-state index contributed by atoms with van der Waals surface area (Å²) in [5.74, 6) is 0.405. The van der Waals surface area contributed by atoms with E-state index in [2.05, 4.69) is 42.5 Å². The number of hydrogen-bond donors (Lipinski definition) is 2. The minimum atomic E-state index is -0.255. The third-order valence-electron chi connectivity index (χ3n) is 4.57. The van der Waals surface area contributed by atoms with E-state index in [-0.39, 0.29) is 17.1 Å². The quantitative estimate of drug-likeness (QED) is 0.561. The number of carbonyl (C=O) groups is 2. The molecule has 3 rings (SSSR count). The van der Waals surface area contributed by atoms with E-state index in [0.29, 0.717) is 22.6 Å². The summed E-state index contributed by atoms with van der Waals surface area (Å²) in [6, 6.07) is 18.4. The first-order valence-electron chi connectivity index (χ1n) is 9.49. The zero-order valence-corrected chi connectivity index (χ0v) is 17.1. The minimum absolute atomic E-state index is 0.00135. The van der Waals surface area contributed by atoms with E-state index < -0.39 is 0 Å². The highest BCUT2D eigenvalue weighted by molar-refractivity contribution is 6.04. The molecule has 1 heterocycles. The summed E-state index contributed by atoms with van der Waals surface area (Å²) < 4.78 is 0. The van der Waals surface area contributed by atoms with Crippen molar-refractivity contribution in [3.63, 3.8) is 0 Å². The Kier molecular flexibility index (Phi) is 5.78. The Hall–Kier alpha value is -3.47. The number of para-hydroxylation sites is 1. The lowest BCUT2D eigenvalue weighted by Gasteiger charge is -2.23.